The van der Waals surface area contributed by atoms with E-state index in [2.05, 4.69) is 17.2 Å². The fraction of sp³-hybridized carbons (Fsp3) is 0.158. The standard InChI is InChI=1S/C19H17N3O5S/c1-3-11-4-6-13(7-5-11)20-19-21-18(24)16(28-19)10-12-8-14(22(25)26)17(23)15(9-12)27-2/h4-10,23H,3H2,1-2H3,(H,20,21,24)/p-1/b16-10+. The van der Waals surface area contributed by atoms with Gasteiger partial charge in [0.15, 0.2) is 5.17 Å². The molecule has 0 atom stereocenters. The summed E-state index contributed by atoms with van der Waals surface area (Å²) in [7, 11) is 1.25. The van der Waals surface area contributed by atoms with Crippen LogP contribution in [0.25, 0.3) is 6.08 Å². The molecule has 3 rings (SSSR count). The zero-order valence-corrected chi connectivity index (χ0v) is 15.9. The van der Waals surface area contributed by atoms with Crippen LogP contribution in [0.2, 0.25) is 0 Å². The topological polar surface area (TPSA) is 117 Å². The summed E-state index contributed by atoms with van der Waals surface area (Å²) in [5.74, 6) is -1.34. The van der Waals surface area contributed by atoms with E-state index < -0.39 is 16.4 Å². The van der Waals surface area contributed by atoms with Crippen LogP contribution in [0.15, 0.2) is 46.3 Å². The molecule has 1 fully saturated rings. The fourth-order valence-corrected chi connectivity index (χ4v) is 3.38. The summed E-state index contributed by atoms with van der Waals surface area (Å²) in [5, 5.41) is 26.0. The highest BCUT2D eigenvalue weighted by Gasteiger charge is 2.24. The van der Waals surface area contributed by atoms with Crippen molar-refractivity contribution in [3.05, 3.63) is 62.5 Å². The number of aryl methyl sites for hydroxylation is 1. The summed E-state index contributed by atoms with van der Waals surface area (Å²) < 4.78 is 4.91. The van der Waals surface area contributed by atoms with Crippen molar-refractivity contribution < 1.29 is 19.6 Å². The number of hydrogen-bond donors (Lipinski definition) is 1. The highest BCUT2D eigenvalue weighted by Crippen LogP contribution is 2.36. The molecule has 9 heteroatoms. The lowest BCUT2D eigenvalue weighted by Crippen LogP contribution is -2.19. The molecule has 1 N–H and O–H groups in total. The second-order valence-electron chi connectivity index (χ2n) is 5.83. The second kappa shape index (κ2) is 8.13. The van der Waals surface area contributed by atoms with Crippen LogP contribution in [0.1, 0.15) is 18.1 Å². The average molecular weight is 398 g/mol. The Morgan fingerprint density at radius 3 is 2.61 bits per heavy atom. The number of methoxy groups -OCH3 is 1. The number of hydrogen-bond acceptors (Lipinski definition) is 7. The molecule has 2 aromatic rings. The molecule has 8 nitrogen and oxygen atoms in total. The normalized spacial score (nSPS) is 16.4. The first-order valence-corrected chi connectivity index (χ1v) is 9.15. The molecular weight excluding hydrogens is 382 g/mol. The van der Waals surface area contributed by atoms with E-state index in [-0.39, 0.29) is 11.7 Å². The van der Waals surface area contributed by atoms with Gasteiger partial charge in [0.2, 0.25) is 0 Å². The molecule has 0 aliphatic carbocycles. The first kappa shape index (κ1) is 19.4. The number of carbonyl (C=O) groups is 1. The van der Waals surface area contributed by atoms with Crippen LogP contribution in [0.5, 0.6) is 11.5 Å². The first-order chi connectivity index (χ1) is 13.4. The third kappa shape index (κ3) is 4.15. The number of amidine groups is 1. The number of nitrogens with zero attached hydrogens (tertiary/aromatic N) is 2. The van der Waals surface area contributed by atoms with Crippen LogP contribution >= 0.6 is 11.8 Å². The lowest BCUT2D eigenvalue weighted by molar-refractivity contribution is -0.398. The monoisotopic (exact) mass is 398 g/mol. The molecule has 144 valence electrons. The molecule has 1 saturated heterocycles. The van der Waals surface area contributed by atoms with Crippen LogP contribution in [0.3, 0.4) is 0 Å². The van der Waals surface area contributed by atoms with Gasteiger partial charge in [-0.1, -0.05) is 19.1 Å². The van der Waals surface area contributed by atoms with Gasteiger partial charge in [-0.25, -0.2) is 4.99 Å². The molecule has 0 aromatic heterocycles. The molecule has 0 spiro atoms. The number of carbonyl (C=O) groups excluding carboxylic acids is 1. The predicted octanol–water partition coefficient (Wildman–Crippen LogP) is 3.13. The van der Waals surface area contributed by atoms with Gasteiger partial charge in [-0.3, -0.25) is 14.9 Å². The molecular formula is C19H16N3O5S-. The summed E-state index contributed by atoms with van der Waals surface area (Å²) >= 11 is 1.11. The Labute approximate surface area is 165 Å². The fourth-order valence-electron chi connectivity index (χ4n) is 2.53. The van der Waals surface area contributed by atoms with Gasteiger partial charge in [-0.05, 0) is 53.6 Å². The molecule has 2 aromatic carbocycles. The largest absolute Gasteiger partial charge is 0.865 e. The smallest absolute Gasteiger partial charge is 0.266 e. The molecule has 0 bridgehead atoms. The Kier molecular flexibility index (Phi) is 5.65. The van der Waals surface area contributed by atoms with Gasteiger partial charge in [0.1, 0.15) is 5.75 Å². The van der Waals surface area contributed by atoms with Gasteiger partial charge in [0.25, 0.3) is 11.6 Å². The minimum absolute atomic E-state index is 0.158. The Hall–Kier alpha value is -3.33. The lowest BCUT2D eigenvalue weighted by Gasteiger charge is -2.13. The zero-order valence-electron chi connectivity index (χ0n) is 15.1. The zero-order chi connectivity index (χ0) is 20.3. The Bertz CT molecular complexity index is 999. The van der Waals surface area contributed by atoms with Gasteiger partial charge in [-0.2, -0.15) is 0 Å². The van der Waals surface area contributed by atoms with E-state index in [9.17, 15) is 20.0 Å². The number of amides is 1. The Morgan fingerprint density at radius 2 is 2.00 bits per heavy atom. The molecule has 0 radical (unpaired) electrons. The van der Waals surface area contributed by atoms with Gasteiger partial charge in [-0.15, -0.1) is 0 Å². The van der Waals surface area contributed by atoms with Crippen LogP contribution in [0.4, 0.5) is 11.4 Å². The Balaban J connectivity index is 1.89. The van der Waals surface area contributed by atoms with Crippen LogP contribution in [-0.4, -0.2) is 23.1 Å². The van der Waals surface area contributed by atoms with E-state index in [1.54, 1.807) is 0 Å². The van der Waals surface area contributed by atoms with Crippen molar-refractivity contribution in [3.8, 4) is 11.5 Å². The SMILES string of the molecule is CCc1ccc(N=C2NC(=O)/C(=C\c3cc(OC)c([O-])c([N+](=O)[O-])c3)S2)cc1. The number of nitro groups is 1. The van der Waals surface area contributed by atoms with Crippen molar-refractivity contribution in [1.82, 2.24) is 5.32 Å². The van der Waals surface area contributed by atoms with Gasteiger partial charge in [0, 0.05) is 11.8 Å². The summed E-state index contributed by atoms with van der Waals surface area (Å²) in [4.78, 5) is 27.2. The van der Waals surface area contributed by atoms with E-state index in [0.29, 0.717) is 21.3 Å². The van der Waals surface area contributed by atoms with Crippen molar-refractivity contribution >= 4 is 40.3 Å². The van der Waals surface area contributed by atoms with E-state index in [1.807, 2.05) is 24.3 Å². The van der Waals surface area contributed by atoms with E-state index >= 15 is 0 Å². The Morgan fingerprint density at radius 1 is 1.29 bits per heavy atom. The third-order valence-corrected chi connectivity index (χ3v) is 4.91. The highest BCUT2D eigenvalue weighted by molar-refractivity contribution is 8.18. The van der Waals surface area contributed by atoms with Crippen molar-refractivity contribution in [1.29, 1.82) is 0 Å². The van der Waals surface area contributed by atoms with Crippen molar-refractivity contribution in [2.75, 3.05) is 7.11 Å². The number of aliphatic imine (C=N–C) groups is 1. The molecule has 1 amide bonds. The van der Waals surface area contributed by atoms with E-state index in [0.717, 1.165) is 24.2 Å². The van der Waals surface area contributed by atoms with E-state index in [4.69, 9.17) is 4.74 Å². The molecule has 28 heavy (non-hydrogen) atoms. The number of nitro benzene ring substituents is 1. The maximum absolute atomic E-state index is 12.2. The van der Waals surface area contributed by atoms with Crippen LogP contribution < -0.4 is 15.2 Å². The quantitative estimate of drug-likeness (QED) is 0.470. The molecule has 1 heterocycles. The van der Waals surface area contributed by atoms with Gasteiger partial charge in [0.05, 0.1) is 22.6 Å². The summed E-state index contributed by atoms with van der Waals surface area (Å²) in [6.07, 6.45) is 2.38. The maximum atomic E-state index is 12.2. The van der Waals surface area contributed by atoms with Crippen molar-refractivity contribution in [3.63, 3.8) is 0 Å². The minimum atomic E-state index is -0.809. The third-order valence-electron chi connectivity index (χ3n) is 4.00. The maximum Gasteiger partial charge on any atom is 0.266 e. The van der Waals surface area contributed by atoms with Gasteiger partial charge < -0.3 is 15.2 Å². The number of ether oxygens (including phenoxy) is 1. The highest BCUT2D eigenvalue weighted by atomic mass is 32.2. The number of nitrogens with one attached hydrogen (secondary N) is 1. The first-order valence-electron chi connectivity index (χ1n) is 8.33. The summed E-state index contributed by atoms with van der Waals surface area (Å²) in [6, 6.07) is 10.1. The van der Waals surface area contributed by atoms with Gasteiger partial charge >= 0.3 is 0 Å². The summed E-state index contributed by atoms with van der Waals surface area (Å²) in [6.45, 7) is 2.06. The second-order valence-corrected chi connectivity index (χ2v) is 6.86. The number of thioether (sulfide) groups is 1. The number of benzene rings is 2. The predicted molar refractivity (Wildman–Crippen MR) is 106 cm³/mol. The molecule has 0 unspecified atom stereocenters. The van der Waals surface area contributed by atoms with Crippen molar-refractivity contribution in [2.45, 2.75) is 13.3 Å². The van der Waals surface area contributed by atoms with E-state index in [1.165, 1.54) is 24.8 Å². The minimum Gasteiger partial charge on any atom is -0.865 e. The average Bonchev–Trinajstić information content (AvgIpc) is 3.02. The lowest BCUT2D eigenvalue weighted by atomic mass is 10.1. The summed E-state index contributed by atoms with van der Waals surface area (Å²) in [5.41, 5.74) is 1.59. The van der Waals surface area contributed by atoms with Crippen LogP contribution in [0, 0.1) is 10.1 Å². The molecule has 0 saturated carbocycles. The van der Waals surface area contributed by atoms with Crippen molar-refractivity contribution in [2.24, 2.45) is 4.99 Å². The molecule has 1 aliphatic heterocycles. The number of rotatable bonds is 5. The van der Waals surface area contributed by atoms with Crippen LogP contribution in [-0.2, 0) is 11.2 Å². The molecule has 1 aliphatic rings.